The van der Waals surface area contributed by atoms with Gasteiger partial charge in [-0.3, -0.25) is 9.59 Å². The van der Waals surface area contributed by atoms with Crippen LogP contribution in [-0.2, 0) is 22.7 Å². The Labute approximate surface area is 170 Å². The molecule has 1 atom stereocenters. The Morgan fingerprint density at radius 3 is 2.46 bits per heavy atom. The highest BCUT2D eigenvalue weighted by molar-refractivity contribution is 7.12. The van der Waals surface area contributed by atoms with Crippen LogP contribution in [0.25, 0.3) is 0 Å². The molecule has 0 fully saturated rings. The fourth-order valence-corrected chi connectivity index (χ4v) is 4.34. The molecular formula is C20H20N2O4S2. The van der Waals surface area contributed by atoms with E-state index in [9.17, 15) is 14.7 Å². The summed E-state index contributed by atoms with van der Waals surface area (Å²) in [7, 11) is 1.55. The molecule has 0 bridgehead atoms. The predicted octanol–water partition coefficient (Wildman–Crippen LogP) is 2.83. The number of para-hydroxylation sites is 1. The van der Waals surface area contributed by atoms with Gasteiger partial charge in [0, 0.05) is 26.7 Å². The minimum Gasteiger partial charge on any atom is -0.496 e. The Morgan fingerprint density at radius 2 is 1.75 bits per heavy atom. The molecule has 0 radical (unpaired) electrons. The van der Waals surface area contributed by atoms with Crippen molar-refractivity contribution in [1.82, 2.24) is 10.6 Å². The lowest BCUT2D eigenvalue weighted by Gasteiger charge is -2.09. The first kappa shape index (κ1) is 20.1. The van der Waals surface area contributed by atoms with E-state index in [0.717, 1.165) is 20.2 Å². The molecule has 1 unspecified atom stereocenters. The summed E-state index contributed by atoms with van der Waals surface area (Å²) < 4.78 is 5.22. The van der Waals surface area contributed by atoms with Gasteiger partial charge < -0.3 is 20.5 Å². The molecule has 1 aromatic carbocycles. The van der Waals surface area contributed by atoms with Crippen molar-refractivity contribution in [1.29, 1.82) is 0 Å². The summed E-state index contributed by atoms with van der Waals surface area (Å²) in [4.78, 5) is 26.6. The van der Waals surface area contributed by atoms with Crippen molar-refractivity contribution in [2.24, 2.45) is 0 Å². The number of aliphatic hydroxyl groups is 1. The van der Waals surface area contributed by atoms with Crippen LogP contribution in [0.2, 0.25) is 0 Å². The number of hydrogen-bond donors (Lipinski definition) is 3. The second-order valence-electron chi connectivity index (χ2n) is 5.90. The van der Waals surface area contributed by atoms with E-state index in [1.807, 2.05) is 47.8 Å². The van der Waals surface area contributed by atoms with E-state index in [1.54, 1.807) is 13.2 Å². The van der Waals surface area contributed by atoms with E-state index in [2.05, 4.69) is 10.6 Å². The Kier molecular flexibility index (Phi) is 6.80. The van der Waals surface area contributed by atoms with Gasteiger partial charge in [0.2, 0.25) is 0 Å². The van der Waals surface area contributed by atoms with Crippen molar-refractivity contribution in [2.45, 2.75) is 19.2 Å². The summed E-state index contributed by atoms with van der Waals surface area (Å²) in [6.45, 7) is 0.426. The van der Waals surface area contributed by atoms with Crippen molar-refractivity contribution in [3.05, 3.63) is 74.1 Å². The van der Waals surface area contributed by atoms with Crippen LogP contribution in [0.4, 0.5) is 0 Å². The molecule has 8 heteroatoms. The minimum absolute atomic E-state index is 0.201. The lowest BCUT2D eigenvalue weighted by molar-refractivity contribution is -0.139. The number of nitrogens with one attached hydrogen (secondary N) is 2. The molecule has 0 aliphatic rings. The summed E-state index contributed by atoms with van der Waals surface area (Å²) in [5, 5.41) is 17.4. The van der Waals surface area contributed by atoms with Gasteiger partial charge in [-0.1, -0.05) is 24.3 Å². The van der Waals surface area contributed by atoms with Crippen molar-refractivity contribution >= 4 is 34.5 Å². The zero-order chi connectivity index (χ0) is 19.9. The molecule has 2 amide bonds. The maximum atomic E-state index is 12.0. The van der Waals surface area contributed by atoms with E-state index in [0.29, 0.717) is 5.75 Å². The molecule has 0 saturated heterocycles. The normalized spacial score (nSPS) is 11.6. The van der Waals surface area contributed by atoms with Gasteiger partial charge in [0.05, 0.1) is 13.7 Å². The van der Waals surface area contributed by atoms with E-state index < -0.39 is 17.9 Å². The Hall–Kier alpha value is -2.68. The maximum Gasteiger partial charge on any atom is 0.309 e. The van der Waals surface area contributed by atoms with Gasteiger partial charge in [-0.05, 0) is 29.6 Å². The highest BCUT2D eigenvalue weighted by Gasteiger charge is 2.16. The molecular weight excluding hydrogens is 396 g/mol. The largest absolute Gasteiger partial charge is 0.496 e. The fraction of sp³-hybridized carbons (Fsp3) is 0.200. The average molecular weight is 417 g/mol. The average Bonchev–Trinajstić information content (AvgIpc) is 3.42. The van der Waals surface area contributed by atoms with Gasteiger partial charge in [-0.15, -0.1) is 22.7 Å². The lowest BCUT2D eigenvalue weighted by atomic mass is 10.2. The Morgan fingerprint density at radius 1 is 1.00 bits per heavy atom. The third-order valence-electron chi connectivity index (χ3n) is 4.03. The van der Waals surface area contributed by atoms with Gasteiger partial charge in [-0.25, -0.2) is 0 Å². The Bertz CT molecular complexity index is 937. The van der Waals surface area contributed by atoms with E-state index in [4.69, 9.17) is 4.74 Å². The van der Waals surface area contributed by atoms with E-state index in [1.165, 1.54) is 22.7 Å². The second-order valence-corrected chi connectivity index (χ2v) is 8.08. The lowest BCUT2D eigenvalue weighted by Crippen LogP contribution is -2.39. The van der Waals surface area contributed by atoms with Crippen molar-refractivity contribution in [3.8, 4) is 5.75 Å². The molecule has 2 heterocycles. The van der Waals surface area contributed by atoms with Crippen LogP contribution in [0.3, 0.4) is 0 Å². The number of rotatable bonds is 7. The minimum atomic E-state index is -0.707. The first-order valence-corrected chi connectivity index (χ1v) is 10.3. The zero-order valence-corrected chi connectivity index (χ0v) is 16.8. The van der Waals surface area contributed by atoms with Crippen LogP contribution < -0.4 is 15.4 Å². The number of hydrogen-bond acceptors (Lipinski definition) is 6. The quantitative estimate of drug-likeness (QED) is 0.517. The van der Waals surface area contributed by atoms with E-state index >= 15 is 0 Å². The maximum absolute atomic E-state index is 12.0. The van der Waals surface area contributed by atoms with Crippen LogP contribution in [-0.4, -0.2) is 24.0 Å². The molecule has 146 valence electrons. The van der Waals surface area contributed by atoms with Crippen molar-refractivity contribution in [2.75, 3.05) is 7.11 Å². The molecule has 2 aromatic heterocycles. The topological polar surface area (TPSA) is 87.7 Å². The van der Waals surface area contributed by atoms with Crippen molar-refractivity contribution in [3.63, 3.8) is 0 Å². The monoisotopic (exact) mass is 416 g/mol. The number of amides is 2. The third-order valence-corrected chi connectivity index (χ3v) is 6.09. The summed E-state index contributed by atoms with van der Waals surface area (Å²) in [5.74, 6) is -0.761. The zero-order valence-electron chi connectivity index (χ0n) is 15.2. The first-order chi connectivity index (χ1) is 13.6. The van der Waals surface area contributed by atoms with Gasteiger partial charge in [0.25, 0.3) is 0 Å². The number of thiophene rings is 2. The number of methoxy groups -OCH3 is 1. The number of ether oxygens (including phenoxy) is 1. The molecule has 0 saturated carbocycles. The summed E-state index contributed by atoms with van der Waals surface area (Å²) in [6, 6.07) is 14.7. The second kappa shape index (κ2) is 9.50. The van der Waals surface area contributed by atoms with Crippen molar-refractivity contribution < 1.29 is 19.4 Å². The van der Waals surface area contributed by atoms with Crippen LogP contribution in [0, 0.1) is 0 Å². The molecule has 0 aliphatic carbocycles. The first-order valence-electron chi connectivity index (χ1n) is 8.56. The highest BCUT2D eigenvalue weighted by Crippen LogP contribution is 2.30. The smallest absolute Gasteiger partial charge is 0.309 e. The number of carbonyl (C=O) groups is 2. The summed E-state index contributed by atoms with van der Waals surface area (Å²) in [6.07, 6.45) is -0.668. The van der Waals surface area contributed by atoms with E-state index in [-0.39, 0.29) is 13.1 Å². The number of carbonyl (C=O) groups excluding carboxylic acids is 2. The molecule has 28 heavy (non-hydrogen) atoms. The predicted molar refractivity (Wildman–Crippen MR) is 109 cm³/mol. The summed E-state index contributed by atoms with van der Waals surface area (Å²) >= 11 is 2.89. The molecule has 0 spiro atoms. The summed E-state index contributed by atoms with van der Waals surface area (Å²) in [5.41, 5.74) is 0.789. The fourth-order valence-electron chi connectivity index (χ4n) is 2.58. The number of aliphatic hydroxyl groups excluding tert-OH is 1. The molecule has 3 N–H and O–H groups in total. The number of benzene rings is 1. The van der Waals surface area contributed by atoms with Crippen LogP contribution >= 0.6 is 22.7 Å². The molecule has 3 rings (SSSR count). The van der Waals surface area contributed by atoms with Crippen LogP contribution in [0.5, 0.6) is 5.75 Å². The van der Waals surface area contributed by atoms with Gasteiger partial charge in [0.1, 0.15) is 11.9 Å². The SMILES string of the molecule is COc1ccccc1CNC(=O)C(=O)NCc1ccc(C(O)c2cccs2)s1. The molecule has 6 nitrogen and oxygen atoms in total. The van der Waals surface area contributed by atoms with Crippen LogP contribution in [0.15, 0.2) is 53.9 Å². The third kappa shape index (κ3) is 4.98. The van der Waals surface area contributed by atoms with Crippen LogP contribution in [0.1, 0.15) is 26.3 Å². The molecule has 0 aliphatic heterocycles. The standard InChI is InChI=1S/C20H20N2O4S2/c1-26-15-6-3-2-5-13(15)11-21-19(24)20(25)22-12-14-8-9-17(28-14)18(23)16-7-4-10-27-16/h2-10,18,23H,11-12H2,1H3,(H,21,24)(H,22,25). The van der Waals surface area contributed by atoms with Gasteiger partial charge in [-0.2, -0.15) is 0 Å². The van der Waals surface area contributed by atoms with Gasteiger partial charge >= 0.3 is 11.8 Å². The Balaban J connectivity index is 1.49. The van der Waals surface area contributed by atoms with Gasteiger partial charge in [0.15, 0.2) is 0 Å². The highest BCUT2D eigenvalue weighted by atomic mass is 32.1. The molecule has 3 aromatic rings.